The molecule has 1 aliphatic heterocycles. The number of carbonyl (C=O) groups is 1. The van der Waals surface area contributed by atoms with Crippen LogP contribution in [0.3, 0.4) is 0 Å². The monoisotopic (exact) mass is 231 g/mol. The van der Waals surface area contributed by atoms with Crippen LogP contribution in [0, 0.1) is 0 Å². The molecule has 2 rings (SSSR count). The van der Waals surface area contributed by atoms with E-state index < -0.39 is 0 Å². The summed E-state index contributed by atoms with van der Waals surface area (Å²) in [7, 11) is 0. The van der Waals surface area contributed by atoms with Crippen LogP contribution in [0.25, 0.3) is 0 Å². The second kappa shape index (κ2) is 5.01. The molecule has 0 aromatic heterocycles. The van der Waals surface area contributed by atoms with E-state index in [1.807, 2.05) is 30.3 Å². The van der Waals surface area contributed by atoms with Crippen molar-refractivity contribution in [1.29, 1.82) is 0 Å². The Kier molecular flexibility index (Phi) is 3.63. The lowest BCUT2D eigenvalue weighted by atomic mass is 10.0. The van der Waals surface area contributed by atoms with Crippen molar-refractivity contribution in [1.82, 2.24) is 4.90 Å². The fourth-order valence-corrected chi connectivity index (χ4v) is 2.58. The van der Waals surface area contributed by atoms with Crippen LogP contribution >= 0.6 is 0 Å². The molecule has 0 bridgehead atoms. The first-order chi connectivity index (χ1) is 8.09. The van der Waals surface area contributed by atoms with Crippen molar-refractivity contribution < 1.29 is 4.79 Å². The van der Waals surface area contributed by atoms with Crippen molar-refractivity contribution >= 4 is 5.78 Å². The minimum atomic E-state index is 0.258. The molecular formula is C15H21NO. The molecule has 0 atom stereocenters. The Labute approximate surface area is 104 Å². The molecule has 1 aromatic rings. The molecule has 0 amide bonds. The Morgan fingerprint density at radius 3 is 2.59 bits per heavy atom. The summed E-state index contributed by atoms with van der Waals surface area (Å²) in [5.41, 5.74) is 1.11. The first kappa shape index (κ1) is 12.3. The Bertz CT molecular complexity index is 383. The lowest BCUT2D eigenvalue weighted by molar-refractivity contribution is 0.0942. The van der Waals surface area contributed by atoms with Gasteiger partial charge in [-0.1, -0.05) is 30.3 Å². The molecular weight excluding hydrogens is 210 g/mol. The summed E-state index contributed by atoms with van der Waals surface area (Å²) in [5, 5.41) is 0. The van der Waals surface area contributed by atoms with Crippen LogP contribution in [0.1, 0.15) is 43.5 Å². The highest BCUT2D eigenvalue weighted by molar-refractivity contribution is 5.96. The van der Waals surface area contributed by atoms with E-state index in [2.05, 4.69) is 18.7 Å². The third-order valence-corrected chi connectivity index (χ3v) is 3.78. The minimum Gasteiger partial charge on any atom is -0.298 e. The number of rotatable bonds is 4. The third-order valence-electron chi connectivity index (χ3n) is 3.78. The van der Waals surface area contributed by atoms with Gasteiger partial charge in [0.25, 0.3) is 0 Å². The van der Waals surface area contributed by atoms with Gasteiger partial charge in [0.2, 0.25) is 0 Å². The molecule has 1 heterocycles. The Morgan fingerprint density at radius 2 is 2.00 bits per heavy atom. The lowest BCUT2D eigenvalue weighted by Crippen LogP contribution is -2.39. The molecule has 1 aromatic carbocycles. The summed E-state index contributed by atoms with van der Waals surface area (Å²) in [6.07, 6.45) is 3.13. The summed E-state index contributed by atoms with van der Waals surface area (Å²) in [5.74, 6) is 0.258. The number of hydrogen-bond donors (Lipinski definition) is 0. The summed E-state index contributed by atoms with van der Waals surface area (Å²) in [6.45, 7) is 6.57. The average Bonchev–Trinajstić information content (AvgIpc) is 2.66. The van der Waals surface area contributed by atoms with Gasteiger partial charge in [0.05, 0.1) is 0 Å². The highest BCUT2D eigenvalue weighted by Gasteiger charge is 2.31. The molecule has 0 unspecified atom stereocenters. The smallest absolute Gasteiger partial charge is 0.164 e. The Hall–Kier alpha value is -1.15. The Morgan fingerprint density at radius 1 is 1.29 bits per heavy atom. The standard InChI is InChI=1S/C15H21NO/c1-15(2)10-6-11-16(15)12-9-14(17)13-7-4-3-5-8-13/h3-5,7-8H,6,9-12H2,1-2H3. The summed E-state index contributed by atoms with van der Waals surface area (Å²) in [4.78, 5) is 14.4. The van der Waals surface area contributed by atoms with Crippen LogP contribution in [-0.4, -0.2) is 29.3 Å². The van der Waals surface area contributed by atoms with Crippen molar-refractivity contribution in [3.8, 4) is 0 Å². The molecule has 0 radical (unpaired) electrons. The summed E-state index contributed by atoms with van der Waals surface area (Å²) in [6, 6.07) is 9.59. The van der Waals surface area contributed by atoms with Gasteiger partial charge in [0.1, 0.15) is 0 Å². The predicted molar refractivity (Wildman–Crippen MR) is 70.3 cm³/mol. The van der Waals surface area contributed by atoms with Crippen LogP contribution in [-0.2, 0) is 0 Å². The number of likely N-dealkylation sites (tertiary alicyclic amines) is 1. The molecule has 0 spiro atoms. The van der Waals surface area contributed by atoms with Crippen LogP contribution in [0.2, 0.25) is 0 Å². The van der Waals surface area contributed by atoms with E-state index in [4.69, 9.17) is 0 Å². The molecule has 0 saturated carbocycles. The summed E-state index contributed by atoms with van der Waals surface area (Å²) >= 11 is 0. The quantitative estimate of drug-likeness (QED) is 0.742. The van der Waals surface area contributed by atoms with Crippen molar-refractivity contribution in [3.63, 3.8) is 0 Å². The van der Waals surface area contributed by atoms with Crippen molar-refractivity contribution in [2.75, 3.05) is 13.1 Å². The fraction of sp³-hybridized carbons (Fsp3) is 0.533. The van der Waals surface area contributed by atoms with Gasteiger partial charge in [-0.05, 0) is 33.2 Å². The summed E-state index contributed by atoms with van der Waals surface area (Å²) < 4.78 is 0. The zero-order valence-electron chi connectivity index (χ0n) is 10.8. The number of carbonyl (C=O) groups excluding carboxylic acids is 1. The maximum absolute atomic E-state index is 12.0. The van der Waals surface area contributed by atoms with E-state index in [-0.39, 0.29) is 11.3 Å². The van der Waals surface area contributed by atoms with E-state index >= 15 is 0 Å². The van der Waals surface area contributed by atoms with Gasteiger partial charge in [0.15, 0.2) is 5.78 Å². The SMILES string of the molecule is CC1(C)CCCN1CCC(=O)c1ccccc1. The highest BCUT2D eigenvalue weighted by atomic mass is 16.1. The van der Waals surface area contributed by atoms with E-state index in [9.17, 15) is 4.79 Å². The molecule has 1 aliphatic rings. The molecule has 0 N–H and O–H groups in total. The largest absolute Gasteiger partial charge is 0.298 e. The maximum atomic E-state index is 12.0. The number of nitrogens with zero attached hydrogens (tertiary/aromatic N) is 1. The third kappa shape index (κ3) is 2.95. The van der Waals surface area contributed by atoms with Crippen molar-refractivity contribution in [2.45, 2.75) is 38.6 Å². The van der Waals surface area contributed by atoms with Crippen LogP contribution in [0.15, 0.2) is 30.3 Å². The molecule has 1 saturated heterocycles. The average molecular weight is 231 g/mol. The van der Waals surface area contributed by atoms with E-state index in [1.165, 1.54) is 12.8 Å². The van der Waals surface area contributed by atoms with Gasteiger partial charge < -0.3 is 0 Å². The van der Waals surface area contributed by atoms with Crippen molar-refractivity contribution in [2.24, 2.45) is 0 Å². The second-order valence-corrected chi connectivity index (χ2v) is 5.44. The maximum Gasteiger partial charge on any atom is 0.164 e. The van der Waals surface area contributed by atoms with Crippen molar-refractivity contribution in [3.05, 3.63) is 35.9 Å². The molecule has 1 fully saturated rings. The van der Waals surface area contributed by atoms with Gasteiger partial charge >= 0.3 is 0 Å². The van der Waals surface area contributed by atoms with Gasteiger partial charge in [-0.3, -0.25) is 9.69 Å². The molecule has 2 heteroatoms. The first-order valence-corrected chi connectivity index (χ1v) is 6.43. The van der Waals surface area contributed by atoms with E-state index in [0.717, 1.165) is 18.7 Å². The number of hydrogen-bond acceptors (Lipinski definition) is 2. The highest BCUT2D eigenvalue weighted by Crippen LogP contribution is 2.28. The molecule has 2 nitrogen and oxygen atoms in total. The number of Topliss-reactive ketones (excluding diaryl/α,β-unsaturated/α-hetero) is 1. The molecule has 0 aliphatic carbocycles. The fourth-order valence-electron chi connectivity index (χ4n) is 2.58. The van der Waals surface area contributed by atoms with E-state index in [0.29, 0.717) is 6.42 Å². The molecule has 92 valence electrons. The van der Waals surface area contributed by atoms with Crippen LogP contribution < -0.4 is 0 Å². The minimum absolute atomic E-state index is 0.258. The lowest BCUT2D eigenvalue weighted by Gasteiger charge is -2.31. The first-order valence-electron chi connectivity index (χ1n) is 6.43. The van der Waals surface area contributed by atoms with E-state index in [1.54, 1.807) is 0 Å². The zero-order chi connectivity index (χ0) is 12.3. The Balaban J connectivity index is 1.89. The zero-order valence-corrected chi connectivity index (χ0v) is 10.8. The van der Waals surface area contributed by atoms with Gasteiger partial charge in [0, 0.05) is 24.1 Å². The van der Waals surface area contributed by atoms with Gasteiger partial charge in [-0.15, -0.1) is 0 Å². The van der Waals surface area contributed by atoms with Gasteiger partial charge in [-0.2, -0.15) is 0 Å². The van der Waals surface area contributed by atoms with Gasteiger partial charge in [-0.25, -0.2) is 0 Å². The second-order valence-electron chi connectivity index (χ2n) is 5.44. The van der Waals surface area contributed by atoms with Crippen LogP contribution in [0.5, 0.6) is 0 Å². The number of benzene rings is 1. The predicted octanol–water partition coefficient (Wildman–Crippen LogP) is 3.13. The molecule has 17 heavy (non-hydrogen) atoms. The van der Waals surface area contributed by atoms with Crippen LogP contribution in [0.4, 0.5) is 0 Å². The normalized spacial score (nSPS) is 19.4. The number of ketones is 1. The topological polar surface area (TPSA) is 20.3 Å².